The zero-order valence-corrected chi connectivity index (χ0v) is 10.2. The Bertz CT molecular complexity index is 644. The van der Waals surface area contributed by atoms with Crippen LogP contribution in [0, 0.1) is 0 Å². The summed E-state index contributed by atoms with van der Waals surface area (Å²) in [5, 5.41) is 0. The predicted octanol–water partition coefficient (Wildman–Crippen LogP) is 3.42. The van der Waals surface area contributed by atoms with Crippen molar-refractivity contribution in [3.63, 3.8) is 0 Å². The largest absolute Gasteiger partial charge is 0.416 e. The second-order valence-corrected chi connectivity index (χ2v) is 4.15. The van der Waals surface area contributed by atoms with Crippen LogP contribution in [0.25, 0.3) is 5.69 Å². The zero-order chi connectivity index (χ0) is 14.0. The number of alkyl halides is 3. The van der Waals surface area contributed by atoms with Crippen LogP contribution in [0.2, 0.25) is 0 Å². The monoisotopic (exact) mass is 267 g/mol. The number of nitrogens with zero attached hydrogens (tertiary/aromatic N) is 1. The smallest absolute Gasteiger partial charge is 0.284 e. The van der Waals surface area contributed by atoms with Crippen LogP contribution >= 0.6 is 0 Å². The second-order valence-electron chi connectivity index (χ2n) is 4.15. The molecule has 0 amide bonds. The first kappa shape index (κ1) is 13.4. The Labute approximate surface area is 108 Å². The van der Waals surface area contributed by atoms with Crippen LogP contribution in [-0.4, -0.2) is 4.57 Å². The van der Waals surface area contributed by atoms with Gasteiger partial charge in [-0.3, -0.25) is 9.36 Å². The van der Waals surface area contributed by atoms with E-state index in [0.717, 1.165) is 17.7 Å². The van der Waals surface area contributed by atoms with E-state index in [-0.39, 0.29) is 11.2 Å². The van der Waals surface area contributed by atoms with Crippen molar-refractivity contribution in [2.75, 3.05) is 0 Å². The SMILES string of the molecule is CCc1ccc(=O)n(-c2cccc(C(F)(F)F)c2)c1. The molecule has 0 spiro atoms. The Morgan fingerprint density at radius 1 is 1.16 bits per heavy atom. The third-order valence-electron chi connectivity index (χ3n) is 2.83. The normalized spacial score (nSPS) is 11.6. The van der Waals surface area contributed by atoms with Crippen LogP contribution in [-0.2, 0) is 12.6 Å². The maximum absolute atomic E-state index is 12.6. The first-order chi connectivity index (χ1) is 8.91. The number of rotatable bonds is 2. The van der Waals surface area contributed by atoms with E-state index in [1.54, 1.807) is 12.3 Å². The molecule has 1 aromatic heterocycles. The van der Waals surface area contributed by atoms with Gasteiger partial charge in [0.1, 0.15) is 0 Å². The van der Waals surface area contributed by atoms with Gasteiger partial charge >= 0.3 is 6.18 Å². The van der Waals surface area contributed by atoms with Crippen LogP contribution in [0.3, 0.4) is 0 Å². The second kappa shape index (κ2) is 4.91. The number of halogens is 3. The molecule has 0 aliphatic heterocycles. The van der Waals surface area contributed by atoms with Gasteiger partial charge in [-0.25, -0.2) is 0 Å². The maximum atomic E-state index is 12.6. The third kappa shape index (κ3) is 2.86. The molecule has 0 unspecified atom stereocenters. The van der Waals surface area contributed by atoms with E-state index >= 15 is 0 Å². The fourth-order valence-electron chi connectivity index (χ4n) is 1.77. The predicted molar refractivity (Wildman–Crippen MR) is 66.4 cm³/mol. The van der Waals surface area contributed by atoms with Crippen molar-refractivity contribution >= 4 is 0 Å². The van der Waals surface area contributed by atoms with Crippen LogP contribution in [0.15, 0.2) is 47.4 Å². The Balaban J connectivity index is 2.56. The lowest BCUT2D eigenvalue weighted by atomic mass is 10.1. The van der Waals surface area contributed by atoms with Crippen molar-refractivity contribution in [1.82, 2.24) is 4.57 Å². The van der Waals surface area contributed by atoms with Gasteiger partial charge in [0.2, 0.25) is 0 Å². The topological polar surface area (TPSA) is 22.0 Å². The highest BCUT2D eigenvalue weighted by atomic mass is 19.4. The van der Waals surface area contributed by atoms with E-state index in [1.807, 2.05) is 6.92 Å². The third-order valence-corrected chi connectivity index (χ3v) is 2.83. The summed E-state index contributed by atoms with van der Waals surface area (Å²) in [5.41, 5.74) is -0.0116. The minimum atomic E-state index is -4.41. The highest BCUT2D eigenvalue weighted by molar-refractivity contribution is 5.38. The number of benzene rings is 1. The molecular weight excluding hydrogens is 255 g/mol. The van der Waals surface area contributed by atoms with E-state index in [4.69, 9.17) is 0 Å². The van der Waals surface area contributed by atoms with Crippen molar-refractivity contribution in [1.29, 1.82) is 0 Å². The molecular formula is C14H12F3NO. The van der Waals surface area contributed by atoms with Crippen LogP contribution in [0.4, 0.5) is 13.2 Å². The zero-order valence-electron chi connectivity index (χ0n) is 10.2. The first-order valence-corrected chi connectivity index (χ1v) is 5.81. The molecule has 0 aliphatic rings. The lowest BCUT2D eigenvalue weighted by Crippen LogP contribution is -2.17. The number of aryl methyl sites for hydroxylation is 1. The molecule has 0 saturated heterocycles. The summed E-state index contributed by atoms with van der Waals surface area (Å²) in [5.74, 6) is 0. The molecule has 5 heteroatoms. The Morgan fingerprint density at radius 3 is 2.53 bits per heavy atom. The van der Waals surface area contributed by atoms with E-state index in [1.165, 1.54) is 22.8 Å². The number of aromatic nitrogens is 1. The van der Waals surface area contributed by atoms with E-state index in [2.05, 4.69) is 0 Å². The van der Waals surface area contributed by atoms with Gasteiger partial charge < -0.3 is 0 Å². The van der Waals surface area contributed by atoms with Crippen LogP contribution in [0.5, 0.6) is 0 Å². The summed E-state index contributed by atoms with van der Waals surface area (Å²) in [7, 11) is 0. The Hall–Kier alpha value is -2.04. The van der Waals surface area contributed by atoms with Crippen molar-refractivity contribution in [2.45, 2.75) is 19.5 Å². The molecule has 19 heavy (non-hydrogen) atoms. The van der Waals surface area contributed by atoms with Crippen LogP contribution < -0.4 is 5.56 Å². The fraction of sp³-hybridized carbons (Fsp3) is 0.214. The van der Waals surface area contributed by atoms with Crippen molar-refractivity contribution < 1.29 is 13.2 Å². The standard InChI is InChI=1S/C14H12F3NO/c1-2-10-6-7-13(19)18(9-10)12-5-3-4-11(8-12)14(15,16)17/h3-9H,2H2,1H3. The highest BCUT2D eigenvalue weighted by Gasteiger charge is 2.30. The molecule has 0 radical (unpaired) electrons. The van der Waals surface area contributed by atoms with Gasteiger partial charge in [-0.15, -0.1) is 0 Å². The molecule has 2 aromatic rings. The van der Waals surface area contributed by atoms with Gasteiger partial charge in [0, 0.05) is 18.0 Å². The fourth-order valence-corrected chi connectivity index (χ4v) is 1.77. The molecule has 1 heterocycles. The molecule has 2 rings (SSSR count). The summed E-state index contributed by atoms with van der Waals surface area (Å²) in [4.78, 5) is 11.7. The molecule has 0 atom stereocenters. The summed E-state index contributed by atoms with van der Waals surface area (Å²) in [6, 6.07) is 7.77. The molecule has 0 fully saturated rings. The summed E-state index contributed by atoms with van der Waals surface area (Å²) in [6.45, 7) is 1.91. The van der Waals surface area contributed by atoms with Crippen LogP contribution in [0.1, 0.15) is 18.1 Å². The Morgan fingerprint density at radius 2 is 1.89 bits per heavy atom. The van der Waals surface area contributed by atoms with E-state index in [9.17, 15) is 18.0 Å². The Kier molecular flexibility index (Phi) is 3.46. The van der Waals surface area contributed by atoms with Gasteiger partial charge in [0.05, 0.1) is 5.56 Å². The number of hydrogen-bond acceptors (Lipinski definition) is 1. The van der Waals surface area contributed by atoms with Gasteiger partial charge in [-0.1, -0.05) is 19.1 Å². The average Bonchev–Trinajstić information content (AvgIpc) is 2.38. The molecule has 2 nitrogen and oxygen atoms in total. The van der Waals surface area contributed by atoms with Crippen molar-refractivity contribution in [3.05, 3.63) is 64.1 Å². The maximum Gasteiger partial charge on any atom is 0.416 e. The summed E-state index contributed by atoms with van der Waals surface area (Å²) >= 11 is 0. The molecule has 1 aromatic carbocycles. The highest BCUT2D eigenvalue weighted by Crippen LogP contribution is 2.30. The van der Waals surface area contributed by atoms with Gasteiger partial charge in [-0.2, -0.15) is 13.2 Å². The summed E-state index contributed by atoms with van der Waals surface area (Å²) in [6.07, 6.45) is -2.14. The van der Waals surface area contributed by atoms with Gasteiger partial charge in [0.25, 0.3) is 5.56 Å². The minimum Gasteiger partial charge on any atom is -0.284 e. The van der Waals surface area contributed by atoms with E-state index in [0.29, 0.717) is 6.42 Å². The lowest BCUT2D eigenvalue weighted by molar-refractivity contribution is -0.137. The molecule has 0 saturated carbocycles. The van der Waals surface area contributed by atoms with E-state index < -0.39 is 11.7 Å². The number of pyridine rings is 1. The lowest BCUT2D eigenvalue weighted by Gasteiger charge is -2.11. The minimum absolute atomic E-state index is 0.218. The quantitative estimate of drug-likeness (QED) is 0.817. The van der Waals surface area contributed by atoms with Crippen molar-refractivity contribution in [3.8, 4) is 5.69 Å². The van der Waals surface area contributed by atoms with Gasteiger partial charge in [-0.05, 0) is 30.2 Å². The van der Waals surface area contributed by atoms with Crippen molar-refractivity contribution in [2.24, 2.45) is 0 Å². The van der Waals surface area contributed by atoms with Gasteiger partial charge in [0.15, 0.2) is 0 Å². The molecule has 0 N–H and O–H groups in total. The first-order valence-electron chi connectivity index (χ1n) is 5.81. The number of hydrogen-bond donors (Lipinski definition) is 0. The molecule has 100 valence electrons. The summed E-state index contributed by atoms with van der Waals surface area (Å²) < 4.78 is 39.2. The molecule has 0 aliphatic carbocycles. The average molecular weight is 267 g/mol. The molecule has 0 bridgehead atoms.